The van der Waals surface area contributed by atoms with Crippen molar-refractivity contribution in [2.24, 2.45) is 0 Å². The van der Waals surface area contributed by atoms with Crippen LogP contribution >= 0.6 is 15.9 Å². The molecule has 0 bridgehead atoms. The maximum Gasteiger partial charge on any atom is 0.376 e. The molecular formula is C16H13BrN4O4. The summed E-state index contributed by atoms with van der Waals surface area (Å²) >= 11 is 3.35. The molecule has 0 saturated carbocycles. The number of hydrogen-bond donors (Lipinski definition) is 1. The van der Waals surface area contributed by atoms with Crippen LogP contribution in [-0.4, -0.2) is 27.5 Å². The van der Waals surface area contributed by atoms with E-state index in [2.05, 4.69) is 26.2 Å². The molecule has 1 N–H and O–H groups in total. The van der Waals surface area contributed by atoms with Crippen LogP contribution in [0.5, 0.6) is 5.75 Å². The lowest BCUT2D eigenvalue weighted by Gasteiger charge is -2.09. The quantitative estimate of drug-likeness (QED) is 0.385. The van der Waals surface area contributed by atoms with Gasteiger partial charge in [-0.3, -0.25) is 19.3 Å². The number of ether oxygens (including phenoxy) is 1. The molecule has 2 heterocycles. The number of fused-ring (bicyclic) bond motifs is 1. The van der Waals surface area contributed by atoms with E-state index in [1.54, 1.807) is 24.3 Å². The number of nitro groups is 1. The van der Waals surface area contributed by atoms with Crippen LogP contribution in [0, 0.1) is 10.1 Å². The van der Waals surface area contributed by atoms with Gasteiger partial charge < -0.3 is 10.1 Å². The van der Waals surface area contributed by atoms with Gasteiger partial charge in [0, 0.05) is 10.7 Å². The van der Waals surface area contributed by atoms with E-state index in [0.29, 0.717) is 11.4 Å². The van der Waals surface area contributed by atoms with Gasteiger partial charge in [-0.25, -0.2) is 4.98 Å². The van der Waals surface area contributed by atoms with E-state index in [9.17, 15) is 14.9 Å². The number of halogens is 1. The Hall–Kier alpha value is -2.94. The first kappa shape index (κ1) is 16.9. The molecule has 0 aliphatic carbocycles. The Morgan fingerprint density at radius 1 is 1.28 bits per heavy atom. The summed E-state index contributed by atoms with van der Waals surface area (Å²) in [5.74, 6) is 0.594. The van der Waals surface area contributed by atoms with Crippen LogP contribution < -0.4 is 15.6 Å². The number of nitrogens with zero attached hydrogens (tertiary/aromatic N) is 3. The van der Waals surface area contributed by atoms with Gasteiger partial charge in [0.2, 0.25) is 5.82 Å². The fourth-order valence-electron chi connectivity index (χ4n) is 2.26. The lowest BCUT2D eigenvalue weighted by atomic mass is 10.3. The molecule has 0 spiro atoms. The third-order valence-electron chi connectivity index (χ3n) is 3.35. The molecule has 0 amide bonds. The van der Waals surface area contributed by atoms with Crippen molar-refractivity contribution in [1.82, 2.24) is 9.38 Å². The highest BCUT2D eigenvalue weighted by Gasteiger charge is 2.23. The standard InChI is InChI=1S/C16H13BrN4O4/c17-11-4-3-5-12(10-11)25-9-7-18-15-14(21(23)24)16(22)20-8-2-1-6-13(20)19-15/h1-6,8,10,18H,7,9H2. The molecular weight excluding hydrogens is 392 g/mol. The summed E-state index contributed by atoms with van der Waals surface area (Å²) in [6, 6.07) is 12.2. The smallest absolute Gasteiger partial charge is 0.376 e. The van der Waals surface area contributed by atoms with Gasteiger partial charge in [0.1, 0.15) is 18.0 Å². The zero-order valence-electron chi connectivity index (χ0n) is 12.9. The molecule has 0 aliphatic rings. The molecule has 2 aromatic heterocycles. The van der Waals surface area contributed by atoms with E-state index < -0.39 is 16.2 Å². The number of rotatable bonds is 6. The van der Waals surface area contributed by atoms with Crippen LogP contribution in [0.25, 0.3) is 5.65 Å². The summed E-state index contributed by atoms with van der Waals surface area (Å²) < 4.78 is 7.58. The second-order valence-corrected chi connectivity index (χ2v) is 5.95. The third-order valence-corrected chi connectivity index (χ3v) is 3.85. The number of anilines is 1. The Balaban J connectivity index is 1.77. The topological polar surface area (TPSA) is 98.8 Å². The Morgan fingerprint density at radius 2 is 2.12 bits per heavy atom. The first-order valence-corrected chi connectivity index (χ1v) is 8.13. The predicted molar refractivity (Wildman–Crippen MR) is 96.2 cm³/mol. The van der Waals surface area contributed by atoms with E-state index in [1.807, 2.05) is 18.2 Å². The largest absolute Gasteiger partial charge is 0.492 e. The molecule has 0 aliphatic heterocycles. The van der Waals surface area contributed by atoms with Gasteiger partial charge in [0.25, 0.3) is 0 Å². The Labute approximate surface area is 150 Å². The number of pyridine rings is 1. The second kappa shape index (κ2) is 7.31. The lowest BCUT2D eigenvalue weighted by Crippen LogP contribution is -2.22. The van der Waals surface area contributed by atoms with Gasteiger partial charge in [-0.2, -0.15) is 0 Å². The average molecular weight is 405 g/mol. The minimum atomic E-state index is -0.731. The van der Waals surface area contributed by atoms with Gasteiger partial charge in [-0.1, -0.05) is 28.1 Å². The molecule has 1 aromatic carbocycles. The first-order valence-electron chi connectivity index (χ1n) is 7.34. The lowest BCUT2D eigenvalue weighted by molar-refractivity contribution is -0.385. The highest BCUT2D eigenvalue weighted by molar-refractivity contribution is 9.10. The zero-order valence-corrected chi connectivity index (χ0v) is 14.5. The van der Waals surface area contributed by atoms with Crippen molar-refractivity contribution in [3.63, 3.8) is 0 Å². The number of aromatic nitrogens is 2. The van der Waals surface area contributed by atoms with Crippen molar-refractivity contribution in [2.45, 2.75) is 0 Å². The molecule has 0 radical (unpaired) electrons. The maximum atomic E-state index is 12.3. The molecule has 9 heteroatoms. The van der Waals surface area contributed by atoms with Gasteiger partial charge in [-0.15, -0.1) is 0 Å². The molecule has 8 nitrogen and oxygen atoms in total. The summed E-state index contributed by atoms with van der Waals surface area (Å²) in [5, 5.41) is 14.1. The van der Waals surface area contributed by atoms with E-state index in [4.69, 9.17) is 4.74 Å². The number of benzene rings is 1. The Bertz CT molecular complexity index is 989. The van der Waals surface area contributed by atoms with Crippen LogP contribution in [0.2, 0.25) is 0 Å². The van der Waals surface area contributed by atoms with Crippen LogP contribution in [0.4, 0.5) is 11.5 Å². The van der Waals surface area contributed by atoms with E-state index in [-0.39, 0.29) is 19.0 Å². The van der Waals surface area contributed by atoms with Crippen molar-refractivity contribution in [2.75, 3.05) is 18.5 Å². The van der Waals surface area contributed by atoms with Crippen LogP contribution in [0.1, 0.15) is 0 Å². The average Bonchev–Trinajstić information content (AvgIpc) is 2.58. The minimum absolute atomic E-state index is 0.0703. The van der Waals surface area contributed by atoms with Crippen LogP contribution in [-0.2, 0) is 0 Å². The third kappa shape index (κ3) is 3.77. The van der Waals surface area contributed by atoms with E-state index in [1.165, 1.54) is 6.20 Å². The molecule has 0 atom stereocenters. The molecule has 0 unspecified atom stereocenters. The highest BCUT2D eigenvalue weighted by atomic mass is 79.9. The fraction of sp³-hybridized carbons (Fsp3) is 0.125. The normalized spacial score (nSPS) is 10.6. The minimum Gasteiger partial charge on any atom is -0.492 e. The van der Waals surface area contributed by atoms with E-state index >= 15 is 0 Å². The maximum absolute atomic E-state index is 12.3. The summed E-state index contributed by atoms with van der Waals surface area (Å²) in [6.07, 6.45) is 1.44. The van der Waals surface area contributed by atoms with Crippen molar-refractivity contribution in [3.05, 3.63) is 73.6 Å². The van der Waals surface area contributed by atoms with Gasteiger partial charge in [0.15, 0.2) is 0 Å². The summed E-state index contributed by atoms with van der Waals surface area (Å²) in [4.78, 5) is 27.0. The molecule has 0 fully saturated rings. The van der Waals surface area contributed by atoms with Crippen LogP contribution in [0.15, 0.2) is 57.9 Å². The Morgan fingerprint density at radius 3 is 2.88 bits per heavy atom. The van der Waals surface area contributed by atoms with Gasteiger partial charge >= 0.3 is 11.2 Å². The van der Waals surface area contributed by atoms with Crippen molar-refractivity contribution >= 4 is 33.1 Å². The second-order valence-electron chi connectivity index (χ2n) is 5.03. The fourth-order valence-corrected chi connectivity index (χ4v) is 2.64. The number of nitrogens with one attached hydrogen (secondary N) is 1. The van der Waals surface area contributed by atoms with Crippen LogP contribution in [0.3, 0.4) is 0 Å². The molecule has 0 saturated heterocycles. The monoisotopic (exact) mass is 404 g/mol. The summed E-state index contributed by atoms with van der Waals surface area (Å²) in [5.41, 5.74) is -0.995. The van der Waals surface area contributed by atoms with Crippen molar-refractivity contribution in [3.8, 4) is 5.75 Å². The van der Waals surface area contributed by atoms with Crippen molar-refractivity contribution < 1.29 is 9.66 Å². The summed E-state index contributed by atoms with van der Waals surface area (Å²) in [6.45, 7) is 0.506. The Kier molecular flexibility index (Phi) is 4.94. The zero-order chi connectivity index (χ0) is 17.8. The molecule has 3 rings (SSSR count). The first-order chi connectivity index (χ1) is 12.1. The predicted octanol–water partition coefficient (Wildman–Crippen LogP) is 2.86. The van der Waals surface area contributed by atoms with E-state index in [0.717, 1.165) is 8.87 Å². The number of hydrogen-bond acceptors (Lipinski definition) is 6. The van der Waals surface area contributed by atoms with Crippen molar-refractivity contribution in [1.29, 1.82) is 0 Å². The summed E-state index contributed by atoms with van der Waals surface area (Å²) in [7, 11) is 0. The molecule has 3 aromatic rings. The van der Waals surface area contributed by atoms with Gasteiger partial charge in [0.05, 0.1) is 11.5 Å². The highest BCUT2D eigenvalue weighted by Crippen LogP contribution is 2.19. The van der Waals surface area contributed by atoms with Gasteiger partial charge in [-0.05, 0) is 30.3 Å². The molecule has 25 heavy (non-hydrogen) atoms. The SMILES string of the molecule is O=c1c([N+](=O)[O-])c(NCCOc2cccc(Br)c2)nc2ccccn12. The molecule has 128 valence electrons.